The predicted molar refractivity (Wildman–Crippen MR) is 101 cm³/mol. The summed E-state index contributed by atoms with van der Waals surface area (Å²) >= 11 is 0. The molecule has 1 aliphatic rings. The topological polar surface area (TPSA) is 73.2 Å². The summed E-state index contributed by atoms with van der Waals surface area (Å²) in [6, 6.07) is 8.00. The highest BCUT2D eigenvalue weighted by Gasteiger charge is 2.37. The fourth-order valence-electron chi connectivity index (χ4n) is 4.01. The number of benzene rings is 1. The van der Waals surface area contributed by atoms with Gasteiger partial charge in [0.25, 0.3) is 0 Å². The number of rotatable bonds is 6. The second-order valence-corrected chi connectivity index (χ2v) is 8.87. The third-order valence-corrected chi connectivity index (χ3v) is 7.23. The molecule has 1 aromatic heterocycles. The molecule has 7 heteroatoms. The highest BCUT2D eigenvalue weighted by atomic mass is 32.2. The molecule has 0 radical (unpaired) electrons. The maximum atomic E-state index is 12.9. The molecule has 6 nitrogen and oxygen atoms in total. The molecule has 0 amide bonds. The van der Waals surface area contributed by atoms with E-state index in [2.05, 4.69) is 22.0 Å². The Morgan fingerprint density at radius 1 is 1.19 bits per heavy atom. The van der Waals surface area contributed by atoms with Crippen molar-refractivity contribution in [1.82, 2.24) is 14.5 Å². The molecular formula is C19H27N3O3S. The summed E-state index contributed by atoms with van der Waals surface area (Å²) in [7, 11) is -0.198. The Hall–Kier alpha value is -1.86. The molecule has 1 heterocycles. The Labute approximate surface area is 155 Å². The van der Waals surface area contributed by atoms with Crippen molar-refractivity contribution in [2.75, 3.05) is 13.7 Å². The zero-order chi connectivity index (χ0) is 18.9. The summed E-state index contributed by atoms with van der Waals surface area (Å²) in [5.41, 5.74) is 2.18. The molecule has 3 rings (SSSR count). The fourth-order valence-corrected chi connectivity index (χ4v) is 5.57. The second-order valence-electron chi connectivity index (χ2n) is 7.16. The van der Waals surface area contributed by atoms with Gasteiger partial charge in [0, 0.05) is 19.0 Å². The lowest BCUT2D eigenvalue weighted by molar-refractivity contribution is 0.410. The Morgan fingerprint density at radius 2 is 1.81 bits per heavy atom. The van der Waals surface area contributed by atoms with Crippen LogP contribution in [-0.4, -0.2) is 31.9 Å². The average Bonchev–Trinajstić information content (AvgIpc) is 3.19. The summed E-state index contributed by atoms with van der Waals surface area (Å²) in [5, 5.41) is 4.23. The monoisotopic (exact) mass is 377 g/mol. The van der Waals surface area contributed by atoms with E-state index in [0.717, 1.165) is 37.0 Å². The molecule has 0 spiro atoms. The van der Waals surface area contributed by atoms with Gasteiger partial charge in [0.15, 0.2) is 0 Å². The lowest BCUT2D eigenvalue weighted by atomic mass is 9.79. The van der Waals surface area contributed by atoms with E-state index < -0.39 is 10.0 Å². The molecule has 0 atom stereocenters. The number of methoxy groups -OCH3 is 1. The molecule has 1 fully saturated rings. The quantitative estimate of drug-likeness (QED) is 0.840. The predicted octanol–water partition coefficient (Wildman–Crippen LogP) is 2.84. The number of aryl methyl sites for hydroxylation is 2. The highest BCUT2D eigenvalue weighted by molar-refractivity contribution is 7.89. The van der Waals surface area contributed by atoms with Crippen LogP contribution in [0.15, 0.2) is 29.2 Å². The molecule has 1 aromatic carbocycles. The molecule has 0 aliphatic heterocycles. The van der Waals surface area contributed by atoms with Gasteiger partial charge in [-0.25, -0.2) is 13.1 Å². The number of hydrogen-bond donors (Lipinski definition) is 1. The van der Waals surface area contributed by atoms with Crippen molar-refractivity contribution >= 4 is 10.0 Å². The standard InChI is InChI=1S/C19H27N3O3S/c1-14-18(15(2)22(3)21-14)26(23,24)20-13-19(11-5-6-12-19)16-7-9-17(25-4)10-8-16/h7-10,20H,5-6,11-13H2,1-4H3. The average molecular weight is 378 g/mol. The lowest BCUT2D eigenvalue weighted by Gasteiger charge is -2.30. The van der Waals surface area contributed by atoms with Gasteiger partial charge >= 0.3 is 0 Å². The van der Waals surface area contributed by atoms with Crippen LogP contribution in [0.25, 0.3) is 0 Å². The summed E-state index contributed by atoms with van der Waals surface area (Å²) < 4.78 is 35.6. The first kappa shape index (κ1) is 18.9. The Morgan fingerprint density at radius 3 is 2.31 bits per heavy atom. The van der Waals surface area contributed by atoms with E-state index in [4.69, 9.17) is 4.74 Å². The summed E-state index contributed by atoms with van der Waals surface area (Å²) in [6.45, 7) is 3.91. The fraction of sp³-hybridized carbons (Fsp3) is 0.526. The minimum Gasteiger partial charge on any atom is -0.497 e. The van der Waals surface area contributed by atoms with Gasteiger partial charge < -0.3 is 4.74 Å². The molecule has 142 valence electrons. The smallest absolute Gasteiger partial charge is 0.244 e. The van der Waals surface area contributed by atoms with Gasteiger partial charge in [0.05, 0.1) is 18.5 Å². The van der Waals surface area contributed by atoms with Crippen molar-refractivity contribution < 1.29 is 13.2 Å². The normalized spacial score (nSPS) is 16.8. The van der Waals surface area contributed by atoms with Gasteiger partial charge in [-0.05, 0) is 44.4 Å². The van der Waals surface area contributed by atoms with Gasteiger partial charge in [-0.3, -0.25) is 4.68 Å². The number of ether oxygens (including phenoxy) is 1. The number of hydrogen-bond acceptors (Lipinski definition) is 4. The summed E-state index contributed by atoms with van der Waals surface area (Å²) in [6.07, 6.45) is 4.18. The molecule has 1 saturated carbocycles. The van der Waals surface area contributed by atoms with Crippen LogP contribution in [0.2, 0.25) is 0 Å². The first-order valence-electron chi connectivity index (χ1n) is 8.93. The molecule has 1 aliphatic carbocycles. The molecule has 1 N–H and O–H groups in total. The van der Waals surface area contributed by atoms with Crippen molar-refractivity contribution in [1.29, 1.82) is 0 Å². The molecule has 2 aromatic rings. The van der Waals surface area contributed by atoms with E-state index >= 15 is 0 Å². The van der Waals surface area contributed by atoms with E-state index in [-0.39, 0.29) is 5.41 Å². The third-order valence-electron chi connectivity index (χ3n) is 5.57. The van der Waals surface area contributed by atoms with Crippen LogP contribution >= 0.6 is 0 Å². The van der Waals surface area contributed by atoms with Crippen molar-refractivity contribution in [3.8, 4) is 5.75 Å². The van der Waals surface area contributed by atoms with Gasteiger partial charge in [0.2, 0.25) is 10.0 Å². The van der Waals surface area contributed by atoms with E-state index in [1.165, 1.54) is 0 Å². The van der Waals surface area contributed by atoms with Crippen LogP contribution in [0.4, 0.5) is 0 Å². The number of nitrogens with one attached hydrogen (secondary N) is 1. The van der Waals surface area contributed by atoms with E-state index in [0.29, 0.717) is 22.8 Å². The largest absolute Gasteiger partial charge is 0.497 e. The molecule has 0 saturated heterocycles. The van der Waals surface area contributed by atoms with Gasteiger partial charge in [0.1, 0.15) is 10.6 Å². The molecule has 0 unspecified atom stereocenters. The van der Waals surface area contributed by atoms with E-state index in [9.17, 15) is 8.42 Å². The van der Waals surface area contributed by atoms with E-state index in [1.54, 1.807) is 32.7 Å². The van der Waals surface area contributed by atoms with Crippen LogP contribution in [0, 0.1) is 13.8 Å². The Bertz CT molecular complexity index is 879. The van der Waals surface area contributed by atoms with Gasteiger partial charge in [-0.1, -0.05) is 25.0 Å². The van der Waals surface area contributed by atoms with Gasteiger partial charge in [-0.2, -0.15) is 5.10 Å². The SMILES string of the molecule is COc1ccc(C2(CNS(=O)(=O)c3c(C)nn(C)c3C)CCCC2)cc1. The van der Waals surface area contributed by atoms with Crippen LogP contribution in [0.5, 0.6) is 5.75 Å². The van der Waals surface area contributed by atoms with Crippen molar-refractivity contribution in [2.24, 2.45) is 7.05 Å². The summed E-state index contributed by atoms with van der Waals surface area (Å²) in [5.74, 6) is 0.809. The lowest BCUT2D eigenvalue weighted by Crippen LogP contribution is -2.39. The zero-order valence-electron chi connectivity index (χ0n) is 15.9. The van der Waals surface area contributed by atoms with E-state index in [1.807, 2.05) is 12.1 Å². The molecule has 26 heavy (non-hydrogen) atoms. The number of nitrogens with zero attached hydrogens (tertiary/aromatic N) is 2. The number of aromatic nitrogens is 2. The Balaban J connectivity index is 1.87. The Kier molecular flexibility index (Phi) is 5.12. The minimum atomic E-state index is -3.61. The van der Waals surface area contributed by atoms with Crippen LogP contribution in [0.3, 0.4) is 0 Å². The second kappa shape index (κ2) is 7.04. The van der Waals surface area contributed by atoms with Crippen LogP contribution < -0.4 is 9.46 Å². The first-order valence-corrected chi connectivity index (χ1v) is 10.4. The van der Waals surface area contributed by atoms with Crippen LogP contribution in [0.1, 0.15) is 42.6 Å². The highest BCUT2D eigenvalue weighted by Crippen LogP contribution is 2.41. The third kappa shape index (κ3) is 3.38. The number of sulfonamides is 1. The molecular weight excluding hydrogens is 350 g/mol. The summed E-state index contributed by atoms with van der Waals surface area (Å²) in [4.78, 5) is 0.294. The van der Waals surface area contributed by atoms with Crippen LogP contribution in [-0.2, 0) is 22.5 Å². The maximum absolute atomic E-state index is 12.9. The van der Waals surface area contributed by atoms with Crippen molar-refractivity contribution in [3.05, 3.63) is 41.2 Å². The first-order chi connectivity index (χ1) is 12.3. The maximum Gasteiger partial charge on any atom is 0.244 e. The molecule has 0 bridgehead atoms. The van der Waals surface area contributed by atoms with Gasteiger partial charge in [-0.15, -0.1) is 0 Å². The zero-order valence-corrected chi connectivity index (χ0v) is 16.7. The minimum absolute atomic E-state index is 0.163. The van der Waals surface area contributed by atoms with Crippen molar-refractivity contribution in [2.45, 2.75) is 49.8 Å². The van der Waals surface area contributed by atoms with Crippen molar-refractivity contribution in [3.63, 3.8) is 0 Å².